The van der Waals surface area contributed by atoms with E-state index in [4.69, 9.17) is 0 Å². The summed E-state index contributed by atoms with van der Waals surface area (Å²) < 4.78 is 4.42. The molecule has 25 heavy (non-hydrogen) atoms. The SMILES string of the molecule is CCCCCCCCCCCc1n(CCC(=O)[O-])cc[n+]1CCCC. The van der Waals surface area contributed by atoms with Crippen molar-refractivity contribution >= 4 is 5.97 Å². The maximum absolute atomic E-state index is 10.8. The van der Waals surface area contributed by atoms with Gasteiger partial charge in [-0.15, -0.1) is 0 Å². The lowest BCUT2D eigenvalue weighted by atomic mass is 10.1. The van der Waals surface area contributed by atoms with Crippen LogP contribution in [0.15, 0.2) is 12.4 Å². The van der Waals surface area contributed by atoms with Gasteiger partial charge in [0.1, 0.15) is 12.4 Å². The first-order chi connectivity index (χ1) is 12.2. The fourth-order valence-electron chi connectivity index (χ4n) is 3.33. The fraction of sp³-hybridized carbons (Fsp3) is 0.810. The molecule has 0 saturated carbocycles. The summed E-state index contributed by atoms with van der Waals surface area (Å²) in [6.07, 6.45) is 19.6. The van der Waals surface area contributed by atoms with Crippen LogP contribution in [0.5, 0.6) is 0 Å². The van der Waals surface area contributed by atoms with Crippen molar-refractivity contribution in [3.63, 3.8) is 0 Å². The predicted octanol–water partition coefficient (Wildman–Crippen LogP) is 3.79. The van der Waals surface area contributed by atoms with E-state index in [9.17, 15) is 9.90 Å². The molecule has 1 heterocycles. The third-order valence-electron chi connectivity index (χ3n) is 4.90. The highest BCUT2D eigenvalue weighted by Gasteiger charge is 2.16. The maximum Gasteiger partial charge on any atom is 0.256 e. The number of hydrogen-bond acceptors (Lipinski definition) is 2. The molecule has 0 aromatic carbocycles. The Hall–Kier alpha value is -1.32. The van der Waals surface area contributed by atoms with Crippen LogP contribution >= 0.6 is 0 Å². The van der Waals surface area contributed by atoms with Gasteiger partial charge in [0.15, 0.2) is 0 Å². The average molecular weight is 351 g/mol. The van der Waals surface area contributed by atoms with Crippen LogP contribution in [-0.4, -0.2) is 10.5 Å². The molecule has 0 atom stereocenters. The number of hydrogen-bond donors (Lipinski definition) is 0. The molecule has 144 valence electrons. The van der Waals surface area contributed by atoms with E-state index >= 15 is 0 Å². The molecule has 4 nitrogen and oxygen atoms in total. The van der Waals surface area contributed by atoms with Crippen LogP contribution in [0.2, 0.25) is 0 Å². The van der Waals surface area contributed by atoms with Crippen LogP contribution in [0.25, 0.3) is 0 Å². The van der Waals surface area contributed by atoms with Crippen molar-refractivity contribution in [2.75, 3.05) is 0 Å². The third-order valence-corrected chi connectivity index (χ3v) is 4.90. The van der Waals surface area contributed by atoms with E-state index < -0.39 is 5.97 Å². The standard InChI is InChI=1S/C21H38N2O2/c1-3-5-7-8-9-10-11-12-13-14-20-22(16-6-4-2)18-19-23(20)17-15-21(24)25/h18-19H,3-17H2,1-2H3. The molecule has 0 spiro atoms. The van der Waals surface area contributed by atoms with E-state index in [-0.39, 0.29) is 6.42 Å². The molecule has 0 saturated heterocycles. The zero-order valence-electron chi connectivity index (χ0n) is 16.5. The Morgan fingerprint density at radius 2 is 1.56 bits per heavy atom. The zero-order chi connectivity index (χ0) is 18.3. The van der Waals surface area contributed by atoms with E-state index in [1.165, 1.54) is 76.5 Å². The highest BCUT2D eigenvalue weighted by molar-refractivity contribution is 5.64. The number of unbranched alkanes of at least 4 members (excludes halogenated alkanes) is 9. The molecule has 0 radical (unpaired) electrons. The molecule has 1 aromatic heterocycles. The highest BCUT2D eigenvalue weighted by atomic mass is 16.4. The Labute approximate surface area is 154 Å². The minimum atomic E-state index is -0.970. The molecule has 1 aromatic rings. The van der Waals surface area contributed by atoms with Crippen molar-refractivity contribution in [2.45, 2.75) is 110 Å². The molecule has 0 unspecified atom stereocenters. The number of carboxylic acids is 1. The average Bonchev–Trinajstić information content (AvgIpc) is 2.98. The number of carbonyl (C=O) groups excluding carboxylic acids is 1. The van der Waals surface area contributed by atoms with Crippen LogP contribution in [0.4, 0.5) is 0 Å². The van der Waals surface area contributed by atoms with E-state index in [2.05, 4.69) is 29.2 Å². The third kappa shape index (κ3) is 9.66. The second-order valence-corrected chi connectivity index (χ2v) is 7.16. The molecule has 1 rings (SSSR count). The topological polar surface area (TPSA) is 48.9 Å². The van der Waals surface area contributed by atoms with Crippen LogP contribution in [0, 0.1) is 0 Å². The van der Waals surface area contributed by atoms with Crippen molar-refractivity contribution in [1.82, 2.24) is 4.57 Å². The molecule has 0 bridgehead atoms. The number of rotatable bonds is 16. The van der Waals surface area contributed by atoms with Gasteiger partial charge < -0.3 is 9.90 Å². The van der Waals surface area contributed by atoms with Gasteiger partial charge in [-0.1, -0.05) is 71.6 Å². The summed E-state index contributed by atoms with van der Waals surface area (Å²) in [6, 6.07) is 0. The van der Waals surface area contributed by atoms with Crippen molar-refractivity contribution in [2.24, 2.45) is 0 Å². The van der Waals surface area contributed by atoms with E-state index in [0.717, 1.165) is 13.0 Å². The van der Waals surface area contributed by atoms with Gasteiger partial charge in [0.2, 0.25) is 0 Å². The van der Waals surface area contributed by atoms with Crippen LogP contribution < -0.4 is 9.67 Å². The minimum absolute atomic E-state index is 0.0905. The summed E-state index contributed by atoms with van der Waals surface area (Å²) in [5.41, 5.74) is 0. The quantitative estimate of drug-likeness (QED) is 0.336. The second kappa shape index (κ2) is 13.9. The van der Waals surface area contributed by atoms with Crippen molar-refractivity contribution < 1.29 is 14.5 Å². The molecule has 0 amide bonds. The molecule has 0 fully saturated rings. The first-order valence-electron chi connectivity index (χ1n) is 10.5. The van der Waals surface area contributed by atoms with E-state index in [1.54, 1.807) is 0 Å². The smallest absolute Gasteiger partial charge is 0.256 e. The Morgan fingerprint density at radius 3 is 2.16 bits per heavy atom. The maximum atomic E-state index is 10.8. The largest absolute Gasteiger partial charge is 0.550 e. The summed E-state index contributed by atoms with van der Waals surface area (Å²) in [4.78, 5) is 10.8. The van der Waals surface area contributed by atoms with Crippen LogP contribution in [0.1, 0.15) is 96.7 Å². The molecule has 0 aliphatic rings. The predicted molar refractivity (Wildman–Crippen MR) is 100 cm³/mol. The van der Waals surface area contributed by atoms with E-state index in [0.29, 0.717) is 6.54 Å². The van der Waals surface area contributed by atoms with E-state index in [1.807, 2.05) is 6.20 Å². The van der Waals surface area contributed by atoms with Gasteiger partial charge in [-0.05, 0) is 12.8 Å². The number of carbonyl (C=O) groups is 1. The monoisotopic (exact) mass is 350 g/mol. The second-order valence-electron chi connectivity index (χ2n) is 7.16. The Bertz CT molecular complexity index is 468. The van der Waals surface area contributed by atoms with Crippen molar-refractivity contribution in [1.29, 1.82) is 0 Å². The Morgan fingerprint density at radius 1 is 0.960 bits per heavy atom. The van der Waals surface area contributed by atoms with Gasteiger partial charge in [0.25, 0.3) is 5.82 Å². The zero-order valence-corrected chi connectivity index (χ0v) is 16.5. The molecular weight excluding hydrogens is 312 g/mol. The number of imidazole rings is 1. The lowest BCUT2D eigenvalue weighted by Gasteiger charge is -2.06. The summed E-state index contributed by atoms with van der Waals surface area (Å²) >= 11 is 0. The summed E-state index contributed by atoms with van der Waals surface area (Å²) in [7, 11) is 0. The van der Waals surface area contributed by atoms with Gasteiger partial charge in [-0.3, -0.25) is 0 Å². The number of nitrogens with zero attached hydrogens (tertiary/aromatic N) is 2. The number of carboxylic acid groups (broad SMARTS) is 1. The molecule has 0 N–H and O–H groups in total. The van der Waals surface area contributed by atoms with Crippen LogP contribution in [-0.2, 0) is 24.3 Å². The molecule has 4 heteroatoms. The summed E-state index contributed by atoms with van der Waals surface area (Å²) in [5, 5.41) is 10.8. The fourth-order valence-corrected chi connectivity index (χ4v) is 3.33. The van der Waals surface area contributed by atoms with Gasteiger partial charge in [-0.2, -0.15) is 0 Å². The van der Waals surface area contributed by atoms with Crippen molar-refractivity contribution in [3.8, 4) is 0 Å². The number of aromatic nitrogens is 2. The Balaban J connectivity index is 2.35. The Kier molecular flexibility index (Phi) is 12.1. The first kappa shape index (κ1) is 21.7. The van der Waals surface area contributed by atoms with Gasteiger partial charge in [-0.25, -0.2) is 9.13 Å². The van der Waals surface area contributed by atoms with Gasteiger partial charge >= 0.3 is 0 Å². The minimum Gasteiger partial charge on any atom is -0.550 e. The number of aliphatic carboxylic acids is 1. The normalized spacial score (nSPS) is 11.1. The van der Waals surface area contributed by atoms with Gasteiger partial charge in [0, 0.05) is 18.8 Å². The van der Waals surface area contributed by atoms with Gasteiger partial charge in [0.05, 0.1) is 13.1 Å². The van der Waals surface area contributed by atoms with Crippen LogP contribution in [0.3, 0.4) is 0 Å². The summed E-state index contributed by atoms with van der Waals surface area (Å²) in [6.45, 7) is 6.01. The van der Waals surface area contributed by atoms with Crippen molar-refractivity contribution in [3.05, 3.63) is 18.2 Å². The summed E-state index contributed by atoms with van der Waals surface area (Å²) in [5.74, 6) is 0.306. The molecule has 0 aliphatic heterocycles. The number of aryl methyl sites for hydroxylation is 2. The highest BCUT2D eigenvalue weighted by Crippen LogP contribution is 2.11. The first-order valence-corrected chi connectivity index (χ1v) is 10.5. The molecule has 0 aliphatic carbocycles. The lowest BCUT2D eigenvalue weighted by Crippen LogP contribution is -2.37. The molecular formula is C21H38N2O2. The lowest BCUT2D eigenvalue weighted by molar-refractivity contribution is -0.704.